The Morgan fingerprint density at radius 3 is 2.62 bits per heavy atom. The molecule has 0 spiro atoms. The van der Waals surface area contributed by atoms with Crippen LogP contribution < -0.4 is 5.32 Å². The molecule has 3 nitrogen and oxygen atoms in total. The number of nitrogens with one attached hydrogen (secondary N) is 1. The highest BCUT2D eigenvalue weighted by Gasteiger charge is 2.37. The van der Waals surface area contributed by atoms with Crippen molar-refractivity contribution in [2.24, 2.45) is 17.8 Å². The van der Waals surface area contributed by atoms with Gasteiger partial charge in [-0.25, -0.2) is 0 Å². The predicted molar refractivity (Wildman–Crippen MR) is 50.3 cm³/mol. The molecule has 2 fully saturated rings. The maximum absolute atomic E-state index is 11.0. The van der Waals surface area contributed by atoms with Gasteiger partial charge in [-0.15, -0.1) is 0 Å². The average Bonchev–Trinajstić information content (AvgIpc) is 2.63. The second-order valence-electron chi connectivity index (χ2n) is 4.30. The third-order valence-corrected chi connectivity index (χ3v) is 3.43. The Bertz CT molecular complexity index is 198. The molecule has 2 aliphatic rings. The Hall–Kier alpha value is -0.570. The van der Waals surface area contributed by atoms with Crippen LogP contribution in [0.25, 0.3) is 0 Å². The van der Waals surface area contributed by atoms with Gasteiger partial charge in [0.05, 0.1) is 7.11 Å². The zero-order chi connectivity index (χ0) is 9.26. The van der Waals surface area contributed by atoms with Crippen LogP contribution in [0.1, 0.15) is 20.7 Å². The number of rotatable bonds is 2. The van der Waals surface area contributed by atoms with Gasteiger partial charge in [0.2, 0.25) is 0 Å². The maximum atomic E-state index is 11.0. The van der Waals surface area contributed by atoms with Gasteiger partial charge in [0.15, 0.2) is 0 Å². The van der Waals surface area contributed by atoms with E-state index in [-0.39, 0.29) is 7.40 Å². The molecule has 2 atom stereocenters. The molecule has 1 aliphatic heterocycles. The number of carbonyl (C=O) groups excluding carboxylic acids is 1. The highest BCUT2D eigenvalue weighted by molar-refractivity contribution is 5.69. The molecule has 0 aromatic heterocycles. The molecule has 1 aliphatic carbocycles. The summed E-state index contributed by atoms with van der Waals surface area (Å²) in [7, 11) is 1.47. The van der Waals surface area contributed by atoms with E-state index in [4.69, 9.17) is 0 Å². The third-order valence-electron chi connectivity index (χ3n) is 3.43. The van der Waals surface area contributed by atoms with Crippen molar-refractivity contribution in [3.8, 4) is 0 Å². The fourth-order valence-electron chi connectivity index (χ4n) is 2.78. The largest absolute Gasteiger partial charge is 1.00 e. The van der Waals surface area contributed by atoms with E-state index >= 15 is 0 Å². The van der Waals surface area contributed by atoms with Crippen LogP contribution in [0.2, 0.25) is 0 Å². The molecule has 13 heavy (non-hydrogen) atoms. The number of methoxy groups -OCH3 is 1. The number of hydrogen-bond donors (Lipinski definition) is 1. The Morgan fingerprint density at radius 2 is 2.08 bits per heavy atom. The molecule has 0 aromatic rings. The van der Waals surface area contributed by atoms with Gasteiger partial charge in [0, 0.05) is 6.42 Å². The van der Waals surface area contributed by atoms with Crippen molar-refractivity contribution in [1.82, 2.24) is 5.32 Å². The van der Waals surface area contributed by atoms with Gasteiger partial charge in [-0.3, -0.25) is 4.79 Å². The van der Waals surface area contributed by atoms with Gasteiger partial charge in [-0.2, -0.15) is 0 Å². The minimum Gasteiger partial charge on any atom is -0.469 e. The van der Waals surface area contributed by atoms with Crippen LogP contribution in [0, 0.1) is 17.8 Å². The summed E-state index contributed by atoms with van der Waals surface area (Å²) >= 11 is 0. The van der Waals surface area contributed by atoms with Crippen LogP contribution in [0.3, 0.4) is 0 Å². The SMILES string of the molecule is COC(=O)CC1CC2CNCC2C1.[H+]. The molecule has 0 aromatic carbocycles. The molecule has 1 saturated heterocycles. The van der Waals surface area contributed by atoms with Crippen molar-refractivity contribution in [2.45, 2.75) is 19.3 Å². The molecule has 1 heterocycles. The van der Waals surface area contributed by atoms with Gasteiger partial charge >= 0.3 is 7.40 Å². The summed E-state index contributed by atoms with van der Waals surface area (Å²) in [6.45, 7) is 2.31. The maximum Gasteiger partial charge on any atom is 1.00 e. The lowest BCUT2D eigenvalue weighted by Gasteiger charge is -2.08. The molecule has 2 rings (SSSR count). The number of fused-ring (bicyclic) bond motifs is 1. The summed E-state index contributed by atoms with van der Waals surface area (Å²) in [6, 6.07) is 0. The number of carbonyl (C=O) groups is 1. The fourth-order valence-corrected chi connectivity index (χ4v) is 2.78. The molecule has 1 N–H and O–H groups in total. The van der Waals surface area contributed by atoms with Crippen LogP contribution in [-0.4, -0.2) is 26.2 Å². The third kappa shape index (κ3) is 1.85. The molecule has 2 unspecified atom stereocenters. The first kappa shape index (κ1) is 9.00. The topological polar surface area (TPSA) is 38.3 Å². The van der Waals surface area contributed by atoms with Crippen LogP contribution in [0.5, 0.6) is 0 Å². The first-order valence-corrected chi connectivity index (χ1v) is 5.07. The highest BCUT2D eigenvalue weighted by atomic mass is 16.5. The minimum atomic E-state index is -0.0436. The standard InChI is InChI=1S/C10H17NO2/c1-13-10(12)4-7-2-8-5-11-6-9(8)3-7/h7-9,11H,2-6H2,1H3/p+1. The Kier molecular flexibility index (Phi) is 2.54. The van der Waals surface area contributed by atoms with Crippen LogP contribution in [-0.2, 0) is 9.53 Å². The van der Waals surface area contributed by atoms with Gasteiger partial charge in [0.1, 0.15) is 0 Å². The fraction of sp³-hybridized carbons (Fsp3) is 0.900. The van der Waals surface area contributed by atoms with Crippen LogP contribution >= 0.6 is 0 Å². The van der Waals surface area contributed by atoms with Crippen molar-refractivity contribution >= 4 is 5.97 Å². The van der Waals surface area contributed by atoms with E-state index in [0.717, 1.165) is 24.9 Å². The summed E-state index contributed by atoms with van der Waals surface area (Å²) < 4.78 is 4.68. The molecule has 0 bridgehead atoms. The van der Waals surface area contributed by atoms with Crippen LogP contribution in [0.15, 0.2) is 0 Å². The molecular formula is C10H18NO2+. The van der Waals surface area contributed by atoms with Crippen molar-refractivity contribution < 1.29 is 11.0 Å². The summed E-state index contributed by atoms with van der Waals surface area (Å²) in [5.74, 6) is 2.20. The van der Waals surface area contributed by atoms with Gasteiger partial charge in [-0.05, 0) is 43.7 Å². The second kappa shape index (κ2) is 3.66. The van der Waals surface area contributed by atoms with E-state index in [0.29, 0.717) is 12.3 Å². The van der Waals surface area contributed by atoms with Gasteiger partial charge < -0.3 is 10.1 Å². The van der Waals surface area contributed by atoms with E-state index in [1.54, 1.807) is 0 Å². The Labute approximate surface area is 80.3 Å². The average molecular weight is 184 g/mol. The molecule has 1 saturated carbocycles. The van der Waals surface area contributed by atoms with E-state index in [1.807, 2.05) is 0 Å². The lowest BCUT2D eigenvalue weighted by Crippen LogP contribution is -2.14. The van der Waals surface area contributed by atoms with Crippen LogP contribution in [0.4, 0.5) is 0 Å². The summed E-state index contributed by atoms with van der Waals surface area (Å²) in [5, 5.41) is 3.40. The normalized spacial score (nSPS) is 37.5. The van der Waals surface area contributed by atoms with Crippen molar-refractivity contribution in [3.05, 3.63) is 0 Å². The van der Waals surface area contributed by atoms with E-state index in [2.05, 4.69) is 10.1 Å². The van der Waals surface area contributed by atoms with Crippen molar-refractivity contribution in [1.29, 1.82) is 0 Å². The van der Waals surface area contributed by atoms with Crippen molar-refractivity contribution in [2.75, 3.05) is 20.2 Å². The summed E-state index contributed by atoms with van der Waals surface area (Å²) in [4.78, 5) is 11.0. The van der Waals surface area contributed by atoms with E-state index < -0.39 is 0 Å². The first-order chi connectivity index (χ1) is 6.29. The van der Waals surface area contributed by atoms with Gasteiger partial charge in [0.25, 0.3) is 0 Å². The first-order valence-electron chi connectivity index (χ1n) is 5.07. The monoisotopic (exact) mass is 184 g/mol. The molecule has 0 radical (unpaired) electrons. The summed E-state index contributed by atoms with van der Waals surface area (Å²) in [5.41, 5.74) is 0. The predicted octanol–water partition coefficient (Wildman–Crippen LogP) is 0.908. The Balaban J connectivity index is 0.000000980. The second-order valence-corrected chi connectivity index (χ2v) is 4.30. The van der Waals surface area contributed by atoms with E-state index in [1.165, 1.54) is 20.0 Å². The molecular weight excluding hydrogens is 166 g/mol. The minimum absolute atomic E-state index is 0. The van der Waals surface area contributed by atoms with E-state index in [9.17, 15) is 4.79 Å². The van der Waals surface area contributed by atoms with Gasteiger partial charge in [-0.1, -0.05) is 0 Å². The summed E-state index contributed by atoms with van der Waals surface area (Å²) in [6.07, 6.45) is 3.06. The zero-order valence-corrected chi connectivity index (χ0v) is 8.08. The number of ether oxygens (including phenoxy) is 1. The Morgan fingerprint density at radius 1 is 1.46 bits per heavy atom. The molecule has 74 valence electrons. The lowest BCUT2D eigenvalue weighted by atomic mass is 10.0. The molecule has 0 amide bonds. The smallest absolute Gasteiger partial charge is 0.469 e. The number of esters is 1. The quantitative estimate of drug-likeness (QED) is 0.648. The van der Waals surface area contributed by atoms with Crippen molar-refractivity contribution in [3.63, 3.8) is 0 Å². The number of hydrogen-bond acceptors (Lipinski definition) is 3. The highest BCUT2D eigenvalue weighted by Crippen LogP contribution is 2.39. The molecule has 3 heteroatoms. The lowest BCUT2D eigenvalue weighted by molar-refractivity contribution is -0.141. The zero-order valence-electron chi connectivity index (χ0n) is 9.08.